The molecular weight excluding hydrogens is 304 g/mol. The van der Waals surface area contributed by atoms with Gasteiger partial charge in [0.15, 0.2) is 0 Å². The van der Waals surface area contributed by atoms with E-state index in [2.05, 4.69) is 10.6 Å². The first-order valence-electron chi connectivity index (χ1n) is 7.20. The van der Waals surface area contributed by atoms with Crippen LogP contribution in [0, 0.1) is 5.92 Å². The van der Waals surface area contributed by atoms with E-state index in [1.165, 1.54) is 0 Å². The Morgan fingerprint density at radius 2 is 1.82 bits per heavy atom. The van der Waals surface area contributed by atoms with Gasteiger partial charge in [-0.1, -0.05) is 0 Å². The minimum atomic E-state index is -0.610. The lowest BCUT2D eigenvalue weighted by Gasteiger charge is -2.32. The van der Waals surface area contributed by atoms with Gasteiger partial charge in [0.1, 0.15) is 0 Å². The van der Waals surface area contributed by atoms with Gasteiger partial charge in [-0.2, -0.15) is 0 Å². The molecule has 0 atom stereocenters. The first-order chi connectivity index (χ1) is 10.1. The van der Waals surface area contributed by atoms with Gasteiger partial charge in [0.25, 0.3) is 5.91 Å². The quantitative estimate of drug-likeness (QED) is 0.786. The molecule has 2 rings (SSSR count). The number of hydrogen-bond acceptors (Lipinski definition) is 3. The van der Waals surface area contributed by atoms with Crippen LogP contribution in [0.15, 0.2) is 24.3 Å². The summed E-state index contributed by atoms with van der Waals surface area (Å²) in [6, 6.07) is 6.19. The Morgan fingerprint density at radius 1 is 1.23 bits per heavy atom. The van der Waals surface area contributed by atoms with Crippen LogP contribution in [-0.4, -0.2) is 43.5 Å². The molecule has 0 unspecified atom stereocenters. The highest BCUT2D eigenvalue weighted by atomic mass is 35.5. The number of benzene rings is 1. The molecule has 1 saturated heterocycles. The number of halogens is 1. The van der Waals surface area contributed by atoms with Crippen molar-refractivity contribution in [2.24, 2.45) is 11.7 Å². The van der Waals surface area contributed by atoms with E-state index >= 15 is 0 Å². The zero-order valence-corrected chi connectivity index (χ0v) is 13.5. The van der Waals surface area contributed by atoms with E-state index in [1.807, 2.05) is 11.9 Å². The number of likely N-dealkylation sites (tertiary alicyclic amines) is 1. The van der Waals surface area contributed by atoms with Crippen LogP contribution in [0.2, 0.25) is 0 Å². The summed E-state index contributed by atoms with van der Waals surface area (Å²) in [7, 11) is 1.96. The summed E-state index contributed by atoms with van der Waals surface area (Å²) in [6.45, 7) is 2.61. The van der Waals surface area contributed by atoms with Gasteiger partial charge in [-0.15, -0.1) is 12.4 Å². The molecule has 0 spiro atoms. The summed E-state index contributed by atoms with van der Waals surface area (Å²) in [5.74, 6) is 0.699. The van der Waals surface area contributed by atoms with E-state index in [4.69, 9.17) is 5.73 Å². The van der Waals surface area contributed by atoms with Crippen LogP contribution in [0.4, 0.5) is 10.5 Å². The summed E-state index contributed by atoms with van der Waals surface area (Å²) in [5.41, 5.74) is 6.27. The lowest BCUT2D eigenvalue weighted by molar-refractivity contribution is 0.0691. The SMILES string of the molecule is CNCC1CCN(C(=O)c2ccc(NC(N)=O)cc2)CC1.Cl. The van der Waals surface area contributed by atoms with E-state index in [1.54, 1.807) is 24.3 Å². The van der Waals surface area contributed by atoms with Crippen molar-refractivity contribution in [3.63, 3.8) is 0 Å². The van der Waals surface area contributed by atoms with Crippen LogP contribution in [-0.2, 0) is 0 Å². The number of rotatable bonds is 4. The molecule has 1 heterocycles. The van der Waals surface area contributed by atoms with Gasteiger partial charge >= 0.3 is 6.03 Å². The molecule has 1 aliphatic rings. The number of primary amides is 1. The first kappa shape index (κ1) is 18.3. The number of nitrogens with one attached hydrogen (secondary N) is 2. The minimum Gasteiger partial charge on any atom is -0.351 e. The molecule has 0 radical (unpaired) electrons. The van der Waals surface area contributed by atoms with E-state index in [-0.39, 0.29) is 18.3 Å². The highest BCUT2D eigenvalue weighted by molar-refractivity contribution is 5.95. The molecular formula is C15H23ClN4O2. The van der Waals surface area contributed by atoms with Gasteiger partial charge < -0.3 is 21.3 Å². The van der Waals surface area contributed by atoms with Crippen molar-refractivity contribution in [3.8, 4) is 0 Å². The Morgan fingerprint density at radius 3 is 2.32 bits per heavy atom. The summed E-state index contributed by atoms with van der Waals surface area (Å²) in [4.78, 5) is 25.0. The van der Waals surface area contributed by atoms with E-state index in [9.17, 15) is 9.59 Å². The fraction of sp³-hybridized carbons (Fsp3) is 0.467. The standard InChI is InChI=1S/C15H22N4O2.ClH/c1-17-10-11-6-8-19(9-7-11)14(20)12-2-4-13(5-3-12)18-15(16)21;/h2-5,11,17H,6-10H2,1H3,(H3,16,18,21);1H. The molecule has 0 saturated carbocycles. The van der Waals surface area contributed by atoms with Crippen molar-refractivity contribution < 1.29 is 9.59 Å². The third-order valence-electron chi connectivity index (χ3n) is 3.79. The fourth-order valence-electron chi connectivity index (χ4n) is 2.65. The molecule has 3 amide bonds. The Hall–Kier alpha value is -1.79. The summed E-state index contributed by atoms with van der Waals surface area (Å²) >= 11 is 0. The van der Waals surface area contributed by atoms with Gasteiger partial charge in [0.05, 0.1) is 0 Å². The number of nitrogens with zero attached hydrogens (tertiary/aromatic N) is 1. The van der Waals surface area contributed by atoms with Crippen molar-refractivity contribution in [1.82, 2.24) is 10.2 Å². The summed E-state index contributed by atoms with van der Waals surface area (Å²) in [6.07, 6.45) is 2.07. The second-order valence-corrected chi connectivity index (χ2v) is 5.36. The normalized spacial score (nSPS) is 15.0. The number of piperidine rings is 1. The Balaban J connectivity index is 0.00000242. The van der Waals surface area contributed by atoms with E-state index in [0.717, 1.165) is 32.5 Å². The Kier molecular flexibility index (Phi) is 7.14. The summed E-state index contributed by atoms with van der Waals surface area (Å²) < 4.78 is 0. The molecule has 0 bridgehead atoms. The lowest BCUT2D eigenvalue weighted by Crippen LogP contribution is -2.40. The number of carbonyl (C=O) groups excluding carboxylic acids is 2. The first-order valence-corrected chi connectivity index (χ1v) is 7.20. The average molecular weight is 327 g/mol. The molecule has 122 valence electrons. The molecule has 1 aromatic carbocycles. The number of anilines is 1. The minimum absolute atomic E-state index is 0. The molecule has 22 heavy (non-hydrogen) atoms. The van der Waals surface area contributed by atoms with Gasteiger partial charge in [0, 0.05) is 24.3 Å². The molecule has 0 aromatic heterocycles. The monoisotopic (exact) mass is 326 g/mol. The van der Waals surface area contributed by atoms with Crippen LogP contribution in [0.1, 0.15) is 23.2 Å². The van der Waals surface area contributed by atoms with Crippen LogP contribution in [0.3, 0.4) is 0 Å². The van der Waals surface area contributed by atoms with Crippen LogP contribution >= 0.6 is 12.4 Å². The molecule has 6 nitrogen and oxygen atoms in total. The summed E-state index contributed by atoms with van der Waals surface area (Å²) in [5, 5.41) is 5.66. The second kappa shape index (κ2) is 8.60. The highest BCUT2D eigenvalue weighted by Gasteiger charge is 2.23. The number of hydrogen-bond donors (Lipinski definition) is 3. The van der Waals surface area contributed by atoms with E-state index in [0.29, 0.717) is 17.2 Å². The highest BCUT2D eigenvalue weighted by Crippen LogP contribution is 2.19. The molecule has 1 fully saturated rings. The third-order valence-corrected chi connectivity index (χ3v) is 3.79. The Labute approximate surface area is 136 Å². The average Bonchev–Trinajstić information content (AvgIpc) is 2.48. The molecule has 1 aliphatic heterocycles. The number of carbonyl (C=O) groups is 2. The predicted octanol–water partition coefficient (Wildman–Crippen LogP) is 1.67. The number of amides is 3. The van der Waals surface area contributed by atoms with Crippen LogP contribution in [0.25, 0.3) is 0 Å². The topological polar surface area (TPSA) is 87.5 Å². The fourth-order valence-corrected chi connectivity index (χ4v) is 2.65. The maximum atomic E-state index is 12.4. The van der Waals surface area contributed by atoms with Crippen molar-refractivity contribution >= 4 is 30.0 Å². The maximum absolute atomic E-state index is 12.4. The van der Waals surface area contributed by atoms with Crippen molar-refractivity contribution in [1.29, 1.82) is 0 Å². The molecule has 1 aromatic rings. The van der Waals surface area contributed by atoms with Gasteiger partial charge in [0.2, 0.25) is 0 Å². The molecule has 4 N–H and O–H groups in total. The smallest absolute Gasteiger partial charge is 0.316 e. The van der Waals surface area contributed by atoms with Crippen LogP contribution < -0.4 is 16.4 Å². The van der Waals surface area contributed by atoms with Crippen molar-refractivity contribution in [3.05, 3.63) is 29.8 Å². The molecule has 0 aliphatic carbocycles. The van der Waals surface area contributed by atoms with Crippen molar-refractivity contribution in [2.75, 3.05) is 32.0 Å². The van der Waals surface area contributed by atoms with Crippen LogP contribution in [0.5, 0.6) is 0 Å². The molecule has 7 heteroatoms. The second-order valence-electron chi connectivity index (χ2n) is 5.36. The zero-order chi connectivity index (χ0) is 15.2. The van der Waals surface area contributed by atoms with Gasteiger partial charge in [-0.3, -0.25) is 4.79 Å². The lowest BCUT2D eigenvalue weighted by atomic mass is 9.96. The number of nitrogens with two attached hydrogens (primary N) is 1. The predicted molar refractivity (Wildman–Crippen MR) is 89.5 cm³/mol. The Bertz CT molecular complexity index is 499. The largest absolute Gasteiger partial charge is 0.351 e. The van der Waals surface area contributed by atoms with Crippen molar-refractivity contribution in [2.45, 2.75) is 12.8 Å². The third kappa shape index (κ3) is 4.89. The van der Waals surface area contributed by atoms with Gasteiger partial charge in [-0.05, 0) is 56.6 Å². The zero-order valence-electron chi connectivity index (χ0n) is 12.7. The van der Waals surface area contributed by atoms with Gasteiger partial charge in [-0.25, -0.2) is 4.79 Å². The van der Waals surface area contributed by atoms with E-state index < -0.39 is 6.03 Å². The maximum Gasteiger partial charge on any atom is 0.316 e. The number of urea groups is 1.